The molecule has 0 amide bonds. The molecule has 0 saturated heterocycles. The lowest BCUT2D eigenvalue weighted by Gasteiger charge is -2.11. The van der Waals surface area contributed by atoms with E-state index in [4.69, 9.17) is 4.42 Å². The first-order valence-electron chi connectivity index (χ1n) is 19.5. The molecular weight excluding hydrogens is 693 g/mol. The van der Waals surface area contributed by atoms with E-state index in [1.165, 1.54) is 60.3 Å². The monoisotopic (exact) mass is 726 g/mol. The molecule has 0 aliphatic carbocycles. The first-order valence-corrected chi connectivity index (χ1v) is 19.5. The van der Waals surface area contributed by atoms with Crippen LogP contribution in [0, 0.1) is 0 Å². The molecule has 0 aliphatic heterocycles. The summed E-state index contributed by atoms with van der Waals surface area (Å²) in [5.41, 5.74) is 16.0. The van der Waals surface area contributed by atoms with Gasteiger partial charge in [-0.1, -0.05) is 121 Å². The molecule has 266 valence electrons. The van der Waals surface area contributed by atoms with Gasteiger partial charge in [-0.15, -0.1) is 0 Å². The van der Waals surface area contributed by atoms with Gasteiger partial charge in [-0.3, -0.25) is 0 Å². The second-order valence-corrected chi connectivity index (χ2v) is 14.9. The van der Waals surface area contributed by atoms with E-state index in [0.29, 0.717) is 0 Å². The molecule has 3 heterocycles. The van der Waals surface area contributed by atoms with E-state index in [-0.39, 0.29) is 0 Å². The lowest BCUT2D eigenvalue weighted by atomic mass is 9.99. The Bertz CT molecular complexity index is 3510. The molecule has 0 aliphatic rings. The summed E-state index contributed by atoms with van der Waals surface area (Å²) in [6.07, 6.45) is 0. The molecule has 9 aromatic carbocycles. The normalized spacial score (nSPS) is 11.9. The van der Waals surface area contributed by atoms with E-state index in [1.54, 1.807) is 0 Å². The van der Waals surface area contributed by atoms with Gasteiger partial charge in [0.15, 0.2) is 0 Å². The van der Waals surface area contributed by atoms with Crippen LogP contribution in [0.3, 0.4) is 0 Å². The molecule has 0 bridgehead atoms. The summed E-state index contributed by atoms with van der Waals surface area (Å²) in [4.78, 5) is 0. The van der Waals surface area contributed by atoms with Crippen molar-refractivity contribution >= 4 is 65.6 Å². The Morgan fingerprint density at radius 2 is 0.649 bits per heavy atom. The lowest BCUT2D eigenvalue weighted by molar-refractivity contribution is 0.669. The van der Waals surface area contributed by atoms with Gasteiger partial charge in [0.2, 0.25) is 0 Å². The standard InChI is InChI=1S/C54H34N2O/c1-3-12-35(13-4-1)37-22-26-52-45(31-37)44-19-8-10-21-50(44)56(52)42-17-11-14-36(30-42)39-24-28-53-47(33-39)48-34-40(25-29-54(48)57-53)38-23-27-51-46(32-38)43-18-7-9-20-49(43)55(51)41-15-5-2-6-16-41/h1-34H. The van der Waals surface area contributed by atoms with Gasteiger partial charge in [0.05, 0.1) is 22.1 Å². The third kappa shape index (κ3) is 4.99. The number of rotatable bonds is 5. The summed E-state index contributed by atoms with van der Waals surface area (Å²) in [5, 5.41) is 7.22. The first-order chi connectivity index (χ1) is 28.2. The van der Waals surface area contributed by atoms with Crippen molar-refractivity contribution in [2.45, 2.75) is 0 Å². The van der Waals surface area contributed by atoms with Crippen molar-refractivity contribution in [2.75, 3.05) is 0 Å². The zero-order valence-corrected chi connectivity index (χ0v) is 30.9. The van der Waals surface area contributed by atoms with Gasteiger partial charge < -0.3 is 13.6 Å². The second-order valence-electron chi connectivity index (χ2n) is 14.9. The van der Waals surface area contributed by atoms with E-state index in [9.17, 15) is 0 Å². The van der Waals surface area contributed by atoms with Gasteiger partial charge in [-0.2, -0.15) is 0 Å². The van der Waals surface area contributed by atoms with E-state index >= 15 is 0 Å². The molecule has 0 radical (unpaired) electrons. The number of fused-ring (bicyclic) bond motifs is 9. The zero-order chi connectivity index (χ0) is 37.5. The maximum atomic E-state index is 6.43. The summed E-state index contributed by atoms with van der Waals surface area (Å²) >= 11 is 0. The van der Waals surface area contributed by atoms with Gasteiger partial charge in [0.25, 0.3) is 0 Å². The van der Waals surface area contributed by atoms with Crippen LogP contribution in [0.4, 0.5) is 0 Å². The van der Waals surface area contributed by atoms with Crippen molar-refractivity contribution in [1.82, 2.24) is 9.13 Å². The SMILES string of the molecule is c1ccc(-c2ccc3c(c2)c2ccccc2n3-c2cccc(-c3ccc4oc5ccc(-c6ccc7c(c6)c6ccccc6n7-c6ccccc6)cc5c4c3)c2)cc1. The van der Waals surface area contributed by atoms with Crippen molar-refractivity contribution in [3.63, 3.8) is 0 Å². The van der Waals surface area contributed by atoms with Gasteiger partial charge in [-0.05, 0) is 118 Å². The fourth-order valence-corrected chi connectivity index (χ4v) is 9.03. The molecule has 0 saturated carbocycles. The Kier molecular flexibility index (Phi) is 6.93. The minimum absolute atomic E-state index is 0.889. The Balaban J connectivity index is 0.960. The third-order valence-electron chi connectivity index (χ3n) is 11.7. The van der Waals surface area contributed by atoms with Gasteiger partial charge in [-0.25, -0.2) is 0 Å². The number of furan rings is 1. The van der Waals surface area contributed by atoms with Crippen LogP contribution in [0.15, 0.2) is 211 Å². The van der Waals surface area contributed by atoms with Crippen molar-refractivity contribution in [2.24, 2.45) is 0 Å². The summed E-state index contributed by atoms with van der Waals surface area (Å²) < 4.78 is 11.2. The molecule has 3 heteroatoms. The molecule has 12 rings (SSSR count). The van der Waals surface area contributed by atoms with Crippen LogP contribution in [0.5, 0.6) is 0 Å². The Morgan fingerprint density at radius 3 is 1.25 bits per heavy atom. The van der Waals surface area contributed by atoms with Gasteiger partial charge in [0.1, 0.15) is 11.2 Å². The molecule has 57 heavy (non-hydrogen) atoms. The Hall–Kier alpha value is -7.62. The fraction of sp³-hybridized carbons (Fsp3) is 0. The number of hydrogen-bond donors (Lipinski definition) is 0. The second kappa shape index (κ2) is 12.5. The summed E-state index contributed by atoms with van der Waals surface area (Å²) in [6, 6.07) is 74.5. The Morgan fingerprint density at radius 1 is 0.246 bits per heavy atom. The topological polar surface area (TPSA) is 23.0 Å². The highest BCUT2D eigenvalue weighted by Gasteiger charge is 2.17. The number of aromatic nitrogens is 2. The quantitative estimate of drug-likeness (QED) is 0.173. The number of hydrogen-bond acceptors (Lipinski definition) is 1. The average molecular weight is 727 g/mol. The average Bonchev–Trinajstić information content (AvgIpc) is 3.93. The predicted octanol–water partition coefficient (Wildman–Crippen LogP) is 14.8. The van der Waals surface area contributed by atoms with E-state index in [0.717, 1.165) is 50.0 Å². The number of nitrogens with zero attached hydrogens (tertiary/aromatic N) is 2. The molecule has 3 nitrogen and oxygen atoms in total. The van der Waals surface area contributed by atoms with Crippen molar-refractivity contribution in [3.05, 3.63) is 206 Å². The maximum absolute atomic E-state index is 6.43. The van der Waals surface area contributed by atoms with Crippen LogP contribution < -0.4 is 0 Å². The van der Waals surface area contributed by atoms with E-state index in [1.807, 2.05) is 0 Å². The van der Waals surface area contributed by atoms with Crippen molar-refractivity contribution < 1.29 is 4.42 Å². The molecule has 3 aromatic heterocycles. The summed E-state index contributed by atoms with van der Waals surface area (Å²) in [7, 11) is 0. The molecule has 0 spiro atoms. The minimum Gasteiger partial charge on any atom is -0.456 e. The van der Waals surface area contributed by atoms with Crippen LogP contribution in [0.25, 0.3) is 110 Å². The Labute approximate surface area is 328 Å². The van der Waals surface area contributed by atoms with E-state index in [2.05, 4.69) is 215 Å². The predicted molar refractivity (Wildman–Crippen MR) is 239 cm³/mol. The highest BCUT2D eigenvalue weighted by Crippen LogP contribution is 2.40. The maximum Gasteiger partial charge on any atom is 0.135 e. The van der Waals surface area contributed by atoms with Crippen LogP contribution in [-0.2, 0) is 0 Å². The molecule has 0 N–H and O–H groups in total. The van der Waals surface area contributed by atoms with Crippen LogP contribution >= 0.6 is 0 Å². The smallest absolute Gasteiger partial charge is 0.135 e. The third-order valence-corrected chi connectivity index (χ3v) is 11.7. The summed E-state index contributed by atoms with van der Waals surface area (Å²) in [5.74, 6) is 0. The lowest BCUT2D eigenvalue weighted by Crippen LogP contribution is -1.94. The van der Waals surface area contributed by atoms with Gasteiger partial charge in [0, 0.05) is 43.7 Å². The number of benzene rings is 9. The van der Waals surface area contributed by atoms with Gasteiger partial charge >= 0.3 is 0 Å². The van der Waals surface area contributed by atoms with Crippen LogP contribution in [0.1, 0.15) is 0 Å². The first kappa shape index (κ1) is 31.7. The van der Waals surface area contributed by atoms with Crippen LogP contribution in [-0.4, -0.2) is 9.13 Å². The molecule has 0 fully saturated rings. The number of para-hydroxylation sites is 3. The largest absolute Gasteiger partial charge is 0.456 e. The molecule has 0 atom stereocenters. The molecule has 0 unspecified atom stereocenters. The van der Waals surface area contributed by atoms with E-state index < -0.39 is 0 Å². The highest BCUT2D eigenvalue weighted by molar-refractivity contribution is 6.12. The minimum atomic E-state index is 0.889. The fourth-order valence-electron chi connectivity index (χ4n) is 9.03. The van der Waals surface area contributed by atoms with Crippen molar-refractivity contribution in [3.8, 4) is 44.8 Å². The highest BCUT2D eigenvalue weighted by atomic mass is 16.3. The molecular formula is C54H34N2O. The molecule has 12 aromatic rings. The zero-order valence-electron chi connectivity index (χ0n) is 30.9. The van der Waals surface area contributed by atoms with Crippen molar-refractivity contribution in [1.29, 1.82) is 0 Å². The summed E-state index contributed by atoms with van der Waals surface area (Å²) in [6.45, 7) is 0. The van der Waals surface area contributed by atoms with Crippen LogP contribution in [0.2, 0.25) is 0 Å².